The van der Waals surface area contributed by atoms with Gasteiger partial charge in [-0.25, -0.2) is 13.6 Å². The Hall–Kier alpha value is -3.49. The van der Waals surface area contributed by atoms with Crippen LogP contribution in [-0.2, 0) is 11.3 Å². The van der Waals surface area contributed by atoms with Gasteiger partial charge in [0.25, 0.3) is 5.91 Å². The molecule has 1 aliphatic rings. The number of nitrogens with zero attached hydrogens (tertiary/aromatic N) is 3. The number of nitrogens with one attached hydrogen (secondary N) is 1. The number of halogens is 2. The molecule has 0 unspecified atom stereocenters. The molecule has 1 heterocycles. The summed E-state index contributed by atoms with van der Waals surface area (Å²) in [6, 6.07) is 12.4. The van der Waals surface area contributed by atoms with Gasteiger partial charge >= 0.3 is 6.03 Å². The van der Waals surface area contributed by atoms with Gasteiger partial charge in [-0.1, -0.05) is 30.3 Å². The number of benzene rings is 2. The summed E-state index contributed by atoms with van der Waals surface area (Å²) in [5.41, 5.74) is 1.09. The molecule has 1 N–H and O–H groups in total. The van der Waals surface area contributed by atoms with Crippen LogP contribution in [-0.4, -0.2) is 72.3 Å². The first-order valence-electron chi connectivity index (χ1n) is 10.4. The number of piperazine rings is 1. The van der Waals surface area contributed by atoms with E-state index in [1.807, 2.05) is 30.3 Å². The van der Waals surface area contributed by atoms with Crippen molar-refractivity contribution < 1.29 is 23.2 Å². The van der Waals surface area contributed by atoms with Crippen LogP contribution in [0.4, 0.5) is 13.6 Å². The monoisotopic (exact) mass is 444 g/mol. The van der Waals surface area contributed by atoms with Gasteiger partial charge in [0, 0.05) is 58.3 Å². The van der Waals surface area contributed by atoms with E-state index in [1.165, 1.54) is 11.0 Å². The van der Waals surface area contributed by atoms with Gasteiger partial charge in [0.15, 0.2) is 11.6 Å². The standard InChI is InChI=1S/C23H26F2N4O3/c1-27(16-17-5-3-2-4-6-17)23(32)26-10-9-21(30)28-11-13-29(14-12-28)22(31)18-7-8-19(24)20(25)15-18/h2-8,15H,9-14,16H2,1H3,(H,26,32). The molecule has 0 bridgehead atoms. The normalized spacial score (nSPS) is 13.6. The minimum Gasteiger partial charge on any atom is -0.339 e. The Kier molecular flexibility index (Phi) is 7.75. The summed E-state index contributed by atoms with van der Waals surface area (Å²) >= 11 is 0. The third-order valence-corrected chi connectivity index (χ3v) is 5.31. The van der Waals surface area contributed by atoms with Crippen molar-refractivity contribution in [1.29, 1.82) is 0 Å². The van der Waals surface area contributed by atoms with Crippen molar-refractivity contribution in [3.63, 3.8) is 0 Å². The zero-order chi connectivity index (χ0) is 23.1. The van der Waals surface area contributed by atoms with Crippen LogP contribution in [0.3, 0.4) is 0 Å². The largest absolute Gasteiger partial charge is 0.339 e. The molecule has 2 aromatic carbocycles. The average Bonchev–Trinajstić information content (AvgIpc) is 2.81. The van der Waals surface area contributed by atoms with Gasteiger partial charge in [-0.3, -0.25) is 9.59 Å². The maximum atomic E-state index is 13.4. The third kappa shape index (κ3) is 6.03. The summed E-state index contributed by atoms with van der Waals surface area (Å²) in [5.74, 6) is -2.59. The Morgan fingerprint density at radius 3 is 2.25 bits per heavy atom. The topological polar surface area (TPSA) is 73.0 Å². The van der Waals surface area contributed by atoms with Gasteiger partial charge in [0.2, 0.25) is 5.91 Å². The van der Waals surface area contributed by atoms with Crippen molar-refractivity contribution >= 4 is 17.8 Å². The summed E-state index contributed by atoms with van der Waals surface area (Å²) in [6.07, 6.45) is 0.155. The summed E-state index contributed by atoms with van der Waals surface area (Å²) in [7, 11) is 1.69. The molecule has 0 aromatic heterocycles. The zero-order valence-corrected chi connectivity index (χ0v) is 17.9. The van der Waals surface area contributed by atoms with Crippen molar-refractivity contribution in [3.05, 3.63) is 71.3 Å². The first-order chi connectivity index (χ1) is 15.3. The Balaban J connectivity index is 1.39. The quantitative estimate of drug-likeness (QED) is 0.744. The average molecular weight is 444 g/mol. The fourth-order valence-electron chi connectivity index (χ4n) is 3.47. The molecule has 32 heavy (non-hydrogen) atoms. The molecule has 0 atom stereocenters. The van der Waals surface area contributed by atoms with Gasteiger partial charge in [-0.05, 0) is 23.8 Å². The van der Waals surface area contributed by atoms with E-state index < -0.39 is 17.5 Å². The van der Waals surface area contributed by atoms with Gasteiger partial charge < -0.3 is 20.0 Å². The van der Waals surface area contributed by atoms with Crippen LogP contribution in [0.15, 0.2) is 48.5 Å². The number of carbonyl (C=O) groups is 3. The summed E-state index contributed by atoms with van der Waals surface area (Å²) in [6.45, 7) is 1.97. The van der Waals surface area contributed by atoms with Crippen LogP contribution in [0, 0.1) is 11.6 Å². The molecule has 0 radical (unpaired) electrons. The highest BCUT2D eigenvalue weighted by Gasteiger charge is 2.25. The zero-order valence-electron chi connectivity index (χ0n) is 17.9. The molecule has 170 valence electrons. The van der Waals surface area contributed by atoms with Crippen LogP contribution in [0.1, 0.15) is 22.3 Å². The molecular weight excluding hydrogens is 418 g/mol. The van der Waals surface area contributed by atoms with E-state index in [-0.39, 0.29) is 30.5 Å². The second-order valence-electron chi connectivity index (χ2n) is 7.63. The Labute approximate surface area is 185 Å². The second kappa shape index (κ2) is 10.7. The molecule has 0 saturated carbocycles. The van der Waals surface area contributed by atoms with Crippen molar-refractivity contribution in [1.82, 2.24) is 20.0 Å². The van der Waals surface area contributed by atoms with E-state index in [0.29, 0.717) is 32.7 Å². The van der Waals surface area contributed by atoms with Crippen LogP contribution < -0.4 is 5.32 Å². The molecule has 4 amide bonds. The van der Waals surface area contributed by atoms with E-state index in [2.05, 4.69) is 5.32 Å². The van der Waals surface area contributed by atoms with Crippen LogP contribution in [0.2, 0.25) is 0 Å². The van der Waals surface area contributed by atoms with Crippen molar-refractivity contribution in [2.24, 2.45) is 0 Å². The van der Waals surface area contributed by atoms with Crippen LogP contribution in [0.5, 0.6) is 0 Å². The first kappa shape index (κ1) is 23.2. The maximum absolute atomic E-state index is 13.4. The SMILES string of the molecule is CN(Cc1ccccc1)C(=O)NCCC(=O)N1CCN(C(=O)c2ccc(F)c(F)c2)CC1. The molecule has 2 aromatic rings. The molecule has 0 spiro atoms. The summed E-state index contributed by atoms with van der Waals surface area (Å²) < 4.78 is 26.4. The lowest BCUT2D eigenvalue weighted by Gasteiger charge is -2.35. The van der Waals surface area contributed by atoms with E-state index in [1.54, 1.807) is 16.8 Å². The molecule has 3 rings (SSSR count). The Morgan fingerprint density at radius 1 is 0.938 bits per heavy atom. The van der Waals surface area contributed by atoms with Gasteiger partial charge in [-0.2, -0.15) is 0 Å². The minimum atomic E-state index is -1.07. The summed E-state index contributed by atoms with van der Waals surface area (Å²) in [4.78, 5) is 41.8. The van der Waals surface area contributed by atoms with E-state index >= 15 is 0 Å². The number of amides is 4. The minimum absolute atomic E-state index is 0.0750. The molecule has 1 saturated heterocycles. The van der Waals surface area contributed by atoms with Crippen molar-refractivity contribution in [3.8, 4) is 0 Å². The van der Waals surface area contributed by atoms with Gasteiger partial charge in [-0.15, -0.1) is 0 Å². The van der Waals surface area contributed by atoms with Crippen molar-refractivity contribution in [2.45, 2.75) is 13.0 Å². The number of urea groups is 1. The lowest BCUT2D eigenvalue weighted by Crippen LogP contribution is -2.51. The smallest absolute Gasteiger partial charge is 0.317 e. The molecule has 7 nitrogen and oxygen atoms in total. The van der Waals surface area contributed by atoms with Crippen LogP contribution >= 0.6 is 0 Å². The number of hydrogen-bond donors (Lipinski definition) is 1. The fourth-order valence-corrected chi connectivity index (χ4v) is 3.47. The highest BCUT2D eigenvalue weighted by atomic mass is 19.2. The molecule has 0 aliphatic carbocycles. The van der Waals surface area contributed by atoms with E-state index in [4.69, 9.17) is 0 Å². The first-order valence-corrected chi connectivity index (χ1v) is 10.4. The highest BCUT2D eigenvalue weighted by Crippen LogP contribution is 2.13. The van der Waals surface area contributed by atoms with E-state index in [0.717, 1.165) is 17.7 Å². The molecule has 1 aliphatic heterocycles. The molecular formula is C23H26F2N4O3. The second-order valence-corrected chi connectivity index (χ2v) is 7.63. The summed E-state index contributed by atoms with van der Waals surface area (Å²) in [5, 5.41) is 2.74. The Bertz CT molecular complexity index is 963. The highest BCUT2D eigenvalue weighted by molar-refractivity contribution is 5.94. The van der Waals surface area contributed by atoms with E-state index in [9.17, 15) is 23.2 Å². The molecule has 9 heteroatoms. The number of carbonyl (C=O) groups excluding carboxylic acids is 3. The maximum Gasteiger partial charge on any atom is 0.317 e. The Morgan fingerprint density at radius 2 is 1.59 bits per heavy atom. The fraction of sp³-hybridized carbons (Fsp3) is 0.348. The predicted molar refractivity (Wildman–Crippen MR) is 115 cm³/mol. The third-order valence-electron chi connectivity index (χ3n) is 5.31. The lowest BCUT2D eigenvalue weighted by molar-refractivity contribution is -0.132. The number of rotatable bonds is 6. The van der Waals surface area contributed by atoms with Gasteiger partial charge in [0.05, 0.1) is 0 Å². The predicted octanol–water partition coefficient (Wildman–Crippen LogP) is 2.48. The lowest BCUT2D eigenvalue weighted by atomic mass is 10.1. The van der Waals surface area contributed by atoms with Gasteiger partial charge in [0.1, 0.15) is 0 Å². The van der Waals surface area contributed by atoms with Crippen LogP contribution in [0.25, 0.3) is 0 Å². The number of hydrogen-bond acceptors (Lipinski definition) is 3. The molecule has 1 fully saturated rings. The van der Waals surface area contributed by atoms with Crippen molar-refractivity contribution in [2.75, 3.05) is 39.8 Å².